The molecule has 338 valence electrons. The van der Waals surface area contributed by atoms with Crippen LogP contribution in [0.5, 0.6) is 0 Å². The van der Waals surface area contributed by atoms with Gasteiger partial charge in [0.15, 0.2) is 6.10 Å². The van der Waals surface area contributed by atoms with Gasteiger partial charge in [-0.25, -0.2) is 4.57 Å². The largest absolute Gasteiger partial charge is 0.469 e. The lowest BCUT2D eigenvalue weighted by molar-refractivity contribution is -0.161. The molecule has 0 aliphatic carbocycles. The van der Waals surface area contributed by atoms with Crippen molar-refractivity contribution in [2.75, 3.05) is 13.2 Å². The number of aliphatic hydroxyl groups excluding tert-OH is 2. The molecule has 0 spiro atoms. The molecule has 0 bridgehead atoms. The van der Waals surface area contributed by atoms with E-state index in [0.717, 1.165) is 44.9 Å². The summed E-state index contributed by atoms with van der Waals surface area (Å²) in [5.41, 5.74) is 0. The number of allylic oxidation sites excluding steroid dienone is 7. The number of carbonyl (C=O) groups excluding carboxylic acids is 2. The van der Waals surface area contributed by atoms with Crippen LogP contribution >= 0.6 is 7.82 Å². The standard InChI is InChI=1S/C47H85O10P/c1-3-5-7-9-11-13-15-17-18-19-20-21-22-23-24-25-27-29-31-33-35-39-46(50)55-41-43(42-56-58(52,53)54)57-47(51)40-36-38-45(49)44(48)37-34-32-30-28-26-16-14-12-10-8-6-4-2/h6,8,12,14,26,28,32,34,43-45,48-49H,3-5,7,9-11,13,15-25,27,29-31,33,35-42H2,1-2H3,(H2,52,53,54)/b8-6-,14-12-,28-26-,34-32-/t43-,44-,45-/m1/s1. The number of hydrogen-bond donors (Lipinski definition) is 4. The van der Waals surface area contributed by atoms with Crippen LogP contribution in [-0.2, 0) is 28.2 Å². The maximum atomic E-state index is 12.5. The molecular formula is C47H85O10P. The first-order valence-electron chi connectivity index (χ1n) is 23.1. The second-order valence-electron chi connectivity index (χ2n) is 15.7. The van der Waals surface area contributed by atoms with Gasteiger partial charge in [-0.1, -0.05) is 191 Å². The molecule has 58 heavy (non-hydrogen) atoms. The van der Waals surface area contributed by atoms with Crippen molar-refractivity contribution in [2.45, 2.75) is 225 Å². The smallest absolute Gasteiger partial charge is 0.462 e. The van der Waals surface area contributed by atoms with Gasteiger partial charge in [0.05, 0.1) is 18.8 Å². The summed E-state index contributed by atoms with van der Waals surface area (Å²) in [4.78, 5) is 43.0. The second-order valence-corrected chi connectivity index (χ2v) is 16.9. The molecule has 0 aromatic carbocycles. The minimum atomic E-state index is -4.84. The summed E-state index contributed by atoms with van der Waals surface area (Å²) in [6.07, 6.45) is 44.4. The first-order chi connectivity index (χ1) is 28.1. The number of aliphatic hydroxyl groups is 2. The average molecular weight is 841 g/mol. The molecule has 3 atom stereocenters. The Morgan fingerprint density at radius 2 is 0.931 bits per heavy atom. The van der Waals surface area contributed by atoms with E-state index in [-0.39, 0.29) is 38.7 Å². The van der Waals surface area contributed by atoms with E-state index in [1.165, 1.54) is 109 Å². The van der Waals surface area contributed by atoms with Gasteiger partial charge < -0.3 is 29.5 Å². The molecule has 0 aliphatic heterocycles. The topological polar surface area (TPSA) is 160 Å². The maximum absolute atomic E-state index is 12.5. The Hall–Kier alpha value is -2.07. The van der Waals surface area contributed by atoms with Crippen molar-refractivity contribution in [3.63, 3.8) is 0 Å². The van der Waals surface area contributed by atoms with Gasteiger partial charge in [0.25, 0.3) is 0 Å². The summed E-state index contributed by atoms with van der Waals surface area (Å²) in [7, 11) is -4.84. The third-order valence-corrected chi connectivity index (χ3v) is 10.5. The van der Waals surface area contributed by atoms with Crippen molar-refractivity contribution in [3.05, 3.63) is 48.6 Å². The Kier molecular flexibility index (Phi) is 40.2. The third-order valence-electron chi connectivity index (χ3n) is 10.1. The number of unbranched alkanes of at least 4 members (excludes halogenated alkanes) is 20. The van der Waals surface area contributed by atoms with Crippen LogP contribution in [0.4, 0.5) is 0 Å². The van der Waals surface area contributed by atoms with E-state index >= 15 is 0 Å². The highest BCUT2D eigenvalue weighted by Crippen LogP contribution is 2.36. The van der Waals surface area contributed by atoms with Crippen LogP contribution in [0, 0.1) is 0 Å². The fourth-order valence-electron chi connectivity index (χ4n) is 6.52. The third kappa shape index (κ3) is 42.1. The van der Waals surface area contributed by atoms with Crippen molar-refractivity contribution >= 4 is 19.8 Å². The molecule has 11 heteroatoms. The number of phosphoric acid groups is 1. The maximum Gasteiger partial charge on any atom is 0.469 e. The number of hydrogen-bond acceptors (Lipinski definition) is 8. The van der Waals surface area contributed by atoms with Gasteiger partial charge in [0.1, 0.15) is 6.61 Å². The average Bonchev–Trinajstić information content (AvgIpc) is 3.19. The zero-order chi connectivity index (χ0) is 42.8. The van der Waals surface area contributed by atoms with Crippen LogP contribution in [0.3, 0.4) is 0 Å². The Morgan fingerprint density at radius 3 is 1.38 bits per heavy atom. The lowest BCUT2D eigenvalue weighted by Gasteiger charge is -2.19. The number of ether oxygens (including phenoxy) is 2. The molecule has 0 saturated heterocycles. The molecule has 0 aromatic heterocycles. The minimum Gasteiger partial charge on any atom is -0.462 e. The van der Waals surface area contributed by atoms with Crippen molar-refractivity contribution in [2.24, 2.45) is 0 Å². The van der Waals surface area contributed by atoms with Gasteiger partial charge >= 0.3 is 19.8 Å². The highest BCUT2D eigenvalue weighted by atomic mass is 31.2. The quantitative estimate of drug-likeness (QED) is 0.0202. The molecule has 0 rings (SSSR count). The summed E-state index contributed by atoms with van der Waals surface area (Å²) in [6, 6.07) is 0. The van der Waals surface area contributed by atoms with Crippen molar-refractivity contribution in [1.82, 2.24) is 0 Å². The van der Waals surface area contributed by atoms with Crippen LogP contribution in [-0.4, -0.2) is 63.5 Å². The zero-order valence-corrected chi connectivity index (χ0v) is 37.6. The zero-order valence-electron chi connectivity index (χ0n) is 36.7. The van der Waals surface area contributed by atoms with Gasteiger partial charge in [0, 0.05) is 12.8 Å². The molecule has 4 N–H and O–H groups in total. The van der Waals surface area contributed by atoms with E-state index in [9.17, 15) is 24.4 Å². The first kappa shape index (κ1) is 55.9. The molecule has 0 heterocycles. The predicted molar refractivity (Wildman–Crippen MR) is 237 cm³/mol. The van der Waals surface area contributed by atoms with E-state index in [4.69, 9.17) is 19.3 Å². The summed E-state index contributed by atoms with van der Waals surface area (Å²) in [5.74, 6) is -1.17. The van der Waals surface area contributed by atoms with Gasteiger partial charge in [-0.15, -0.1) is 0 Å². The Balaban J connectivity index is 4.05. The fourth-order valence-corrected chi connectivity index (χ4v) is 6.88. The van der Waals surface area contributed by atoms with Crippen molar-refractivity contribution in [3.8, 4) is 0 Å². The summed E-state index contributed by atoms with van der Waals surface area (Å²) >= 11 is 0. The highest BCUT2D eigenvalue weighted by Gasteiger charge is 2.23. The molecule has 0 amide bonds. The molecule has 0 fully saturated rings. The van der Waals surface area contributed by atoms with E-state index < -0.39 is 44.7 Å². The lowest BCUT2D eigenvalue weighted by Crippen LogP contribution is -2.30. The van der Waals surface area contributed by atoms with Crippen LogP contribution < -0.4 is 0 Å². The number of carbonyl (C=O) groups is 2. The number of esters is 2. The summed E-state index contributed by atoms with van der Waals surface area (Å²) < 4.78 is 26.3. The van der Waals surface area contributed by atoms with E-state index in [0.29, 0.717) is 6.42 Å². The summed E-state index contributed by atoms with van der Waals surface area (Å²) in [5, 5.41) is 20.6. The van der Waals surface area contributed by atoms with Crippen LogP contribution in [0.1, 0.15) is 206 Å². The minimum absolute atomic E-state index is 0.104. The van der Waals surface area contributed by atoms with E-state index in [2.05, 4.69) is 48.8 Å². The second kappa shape index (κ2) is 41.7. The molecule has 0 radical (unpaired) electrons. The molecular weight excluding hydrogens is 755 g/mol. The van der Waals surface area contributed by atoms with Crippen molar-refractivity contribution < 1.29 is 48.2 Å². The molecule has 0 aromatic rings. The molecule has 0 unspecified atom stereocenters. The molecule has 0 saturated carbocycles. The first-order valence-corrected chi connectivity index (χ1v) is 24.6. The normalized spacial score (nSPS) is 14.0. The Morgan fingerprint density at radius 1 is 0.517 bits per heavy atom. The van der Waals surface area contributed by atoms with Crippen molar-refractivity contribution in [1.29, 1.82) is 0 Å². The Bertz CT molecular complexity index is 1110. The lowest BCUT2D eigenvalue weighted by atomic mass is 10.0. The number of phosphoric ester groups is 1. The van der Waals surface area contributed by atoms with Gasteiger partial charge in [-0.05, 0) is 51.4 Å². The SMILES string of the molecule is CC/C=C\C/C=C\C/C=C\C/C=C\C[C@@H](O)[C@H](O)CCCC(=O)O[C@H](COC(=O)CCCCCCCCCCCCCCCCCCCCCCC)COP(=O)(O)O. The van der Waals surface area contributed by atoms with Gasteiger partial charge in [0.2, 0.25) is 0 Å². The van der Waals surface area contributed by atoms with Crippen LogP contribution in [0.2, 0.25) is 0 Å². The fraction of sp³-hybridized carbons (Fsp3) is 0.787. The Labute approximate surface area is 353 Å². The summed E-state index contributed by atoms with van der Waals surface area (Å²) in [6.45, 7) is 3.35. The van der Waals surface area contributed by atoms with E-state index in [1.807, 2.05) is 18.2 Å². The number of rotatable bonds is 42. The predicted octanol–water partition coefficient (Wildman–Crippen LogP) is 12.2. The molecule has 10 nitrogen and oxygen atoms in total. The van der Waals surface area contributed by atoms with E-state index in [1.54, 1.807) is 0 Å². The van der Waals surface area contributed by atoms with Crippen LogP contribution in [0.15, 0.2) is 48.6 Å². The van der Waals surface area contributed by atoms with Gasteiger partial charge in [-0.3, -0.25) is 14.1 Å². The monoisotopic (exact) mass is 841 g/mol. The highest BCUT2D eigenvalue weighted by molar-refractivity contribution is 7.46. The van der Waals surface area contributed by atoms with Gasteiger partial charge in [-0.2, -0.15) is 0 Å². The van der Waals surface area contributed by atoms with Crippen LogP contribution in [0.25, 0.3) is 0 Å². The molecule has 0 aliphatic rings.